The van der Waals surface area contributed by atoms with Crippen LogP contribution in [0.15, 0.2) is 60.7 Å². The van der Waals surface area contributed by atoms with Crippen molar-refractivity contribution in [1.82, 2.24) is 0 Å². The smallest absolute Gasteiger partial charge is 0.426 e. The fourth-order valence-electron chi connectivity index (χ4n) is 4.48. The molecule has 0 aromatic heterocycles. The van der Waals surface area contributed by atoms with E-state index < -0.39 is 52.4 Å². The SMILES string of the molecule is CCC1C=CC(c2ccc(-c3ccc(C(F)(F)Oc4cc(F)c(C(F)(F)F)c(F)c4)cc3)c(F)c2F)CC1. The second kappa shape index (κ2) is 10.4. The van der Waals surface area contributed by atoms with E-state index in [0.717, 1.165) is 37.1 Å². The van der Waals surface area contributed by atoms with Gasteiger partial charge in [-0.3, -0.25) is 0 Å². The van der Waals surface area contributed by atoms with E-state index in [-0.39, 0.29) is 34.7 Å². The first-order valence-corrected chi connectivity index (χ1v) is 11.7. The van der Waals surface area contributed by atoms with Crippen molar-refractivity contribution in [1.29, 1.82) is 0 Å². The summed E-state index contributed by atoms with van der Waals surface area (Å²) < 4.78 is 129. The van der Waals surface area contributed by atoms with Gasteiger partial charge in [-0.2, -0.15) is 22.0 Å². The van der Waals surface area contributed by atoms with Crippen LogP contribution in [-0.2, 0) is 12.3 Å². The van der Waals surface area contributed by atoms with Crippen LogP contribution in [0.2, 0.25) is 0 Å². The highest BCUT2D eigenvalue weighted by molar-refractivity contribution is 5.65. The third-order valence-electron chi connectivity index (χ3n) is 6.58. The van der Waals surface area contributed by atoms with Gasteiger partial charge in [0.15, 0.2) is 11.6 Å². The highest BCUT2D eigenvalue weighted by atomic mass is 19.4. The summed E-state index contributed by atoms with van der Waals surface area (Å²) in [5, 5.41) is 0. The second-order valence-corrected chi connectivity index (χ2v) is 9.02. The van der Waals surface area contributed by atoms with E-state index in [4.69, 9.17) is 0 Å². The first kappa shape index (κ1) is 27.6. The van der Waals surface area contributed by atoms with Crippen molar-refractivity contribution in [3.8, 4) is 16.9 Å². The van der Waals surface area contributed by atoms with Gasteiger partial charge in [-0.05, 0) is 48.4 Å². The molecule has 2 unspecified atom stereocenters. The Labute approximate surface area is 212 Å². The Morgan fingerprint density at radius 1 is 0.789 bits per heavy atom. The number of ether oxygens (including phenoxy) is 1. The topological polar surface area (TPSA) is 9.23 Å². The molecule has 202 valence electrons. The predicted molar refractivity (Wildman–Crippen MR) is 123 cm³/mol. The molecule has 3 aromatic rings. The molecule has 1 nitrogen and oxygen atoms in total. The lowest BCUT2D eigenvalue weighted by Gasteiger charge is -2.23. The maximum absolute atomic E-state index is 14.9. The molecule has 0 heterocycles. The summed E-state index contributed by atoms with van der Waals surface area (Å²) in [5.74, 6) is -7.46. The van der Waals surface area contributed by atoms with Gasteiger partial charge in [-0.1, -0.05) is 43.3 Å². The van der Waals surface area contributed by atoms with Gasteiger partial charge in [0.2, 0.25) is 0 Å². The van der Waals surface area contributed by atoms with Gasteiger partial charge in [-0.15, -0.1) is 0 Å². The Balaban J connectivity index is 1.55. The van der Waals surface area contributed by atoms with E-state index in [0.29, 0.717) is 12.3 Å². The molecular formula is C28H21F9O. The van der Waals surface area contributed by atoms with Gasteiger partial charge in [-0.25, -0.2) is 17.6 Å². The fourth-order valence-corrected chi connectivity index (χ4v) is 4.48. The molecule has 0 amide bonds. The third-order valence-corrected chi connectivity index (χ3v) is 6.58. The second-order valence-electron chi connectivity index (χ2n) is 9.02. The molecule has 0 bridgehead atoms. The summed E-state index contributed by atoms with van der Waals surface area (Å²) in [5.41, 5.74) is -2.96. The molecule has 1 aliphatic rings. The van der Waals surface area contributed by atoms with Crippen molar-refractivity contribution in [2.24, 2.45) is 5.92 Å². The van der Waals surface area contributed by atoms with Crippen molar-refractivity contribution < 1.29 is 44.3 Å². The molecule has 1 aliphatic carbocycles. The van der Waals surface area contributed by atoms with Crippen LogP contribution in [0.25, 0.3) is 11.1 Å². The number of allylic oxidation sites excluding steroid dienone is 2. The van der Waals surface area contributed by atoms with Crippen LogP contribution in [0.3, 0.4) is 0 Å². The van der Waals surface area contributed by atoms with Gasteiger partial charge < -0.3 is 4.74 Å². The molecule has 0 N–H and O–H groups in total. The molecule has 0 saturated carbocycles. The zero-order valence-corrected chi connectivity index (χ0v) is 19.9. The highest BCUT2D eigenvalue weighted by Gasteiger charge is 2.40. The minimum atomic E-state index is -5.37. The van der Waals surface area contributed by atoms with E-state index in [1.807, 2.05) is 19.1 Å². The Hall–Kier alpha value is -3.43. The number of hydrogen-bond acceptors (Lipinski definition) is 1. The van der Waals surface area contributed by atoms with Crippen molar-refractivity contribution in [3.63, 3.8) is 0 Å². The number of halogens is 9. The molecule has 0 spiro atoms. The molecule has 0 saturated heterocycles. The molecular weight excluding hydrogens is 523 g/mol. The van der Waals surface area contributed by atoms with Gasteiger partial charge in [0.1, 0.15) is 22.9 Å². The van der Waals surface area contributed by atoms with E-state index in [9.17, 15) is 39.5 Å². The van der Waals surface area contributed by atoms with Crippen molar-refractivity contribution >= 4 is 0 Å². The van der Waals surface area contributed by atoms with Crippen molar-refractivity contribution in [3.05, 3.63) is 101 Å². The normalized spacial score (nSPS) is 18.1. The van der Waals surface area contributed by atoms with Crippen molar-refractivity contribution in [2.45, 2.75) is 44.4 Å². The number of benzene rings is 3. The average molecular weight is 544 g/mol. The minimum absolute atomic E-state index is 0.00219. The Kier molecular flexibility index (Phi) is 7.54. The number of alkyl halides is 5. The van der Waals surface area contributed by atoms with Crippen LogP contribution in [0.1, 0.15) is 48.8 Å². The summed E-state index contributed by atoms with van der Waals surface area (Å²) in [6.45, 7) is 2.05. The molecule has 38 heavy (non-hydrogen) atoms. The molecule has 0 aliphatic heterocycles. The maximum atomic E-state index is 14.9. The van der Waals surface area contributed by atoms with Crippen LogP contribution < -0.4 is 4.74 Å². The highest BCUT2D eigenvalue weighted by Crippen LogP contribution is 2.39. The summed E-state index contributed by atoms with van der Waals surface area (Å²) in [4.78, 5) is 0. The zero-order valence-electron chi connectivity index (χ0n) is 19.9. The van der Waals surface area contributed by atoms with Crippen LogP contribution >= 0.6 is 0 Å². The molecule has 0 radical (unpaired) electrons. The molecule has 4 rings (SSSR count). The molecule has 10 heteroatoms. The van der Waals surface area contributed by atoms with Crippen molar-refractivity contribution in [2.75, 3.05) is 0 Å². The molecule has 2 atom stereocenters. The van der Waals surface area contributed by atoms with Gasteiger partial charge in [0.25, 0.3) is 0 Å². The number of rotatable bonds is 6. The lowest BCUT2D eigenvalue weighted by atomic mass is 9.83. The lowest BCUT2D eigenvalue weighted by Crippen LogP contribution is -2.22. The summed E-state index contributed by atoms with van der Waals surface area (Å²) in [7, 11) is 0. The summed E-state index contributed by atoms with van der Waals surface area (Å²) in [6.07, 6.45) is -3.26. The first-order chi connectivity index (χ1) is 17.8. The number of hydrogen-bond donors (Lipinski definition) is 0. The lowest BCUT2D eigenvalue weighted by molar-refractivity contribution is -0.185. The van der Waals surface area contributed by atoms with E-state index in [2.05, 4.69) is 4.74 Å². The molecule has 3 aromatic carbocycles. The third kappa shape index (κ3) is 5.54. The maximum Gasteiger partial charge on any atom is 0.426 e. The summed E-state index contributed by atoms with van der Waals surface area (Å²) in [6, 6.07) is 6.60. The largest absolute Gasteiger partial charge is 0.429 e. The van der Waals surface area contributed by atoms with E-state index >= 15 is 0 Å². The standard InChI is InChI=1S/C28H21F9O/c1-2-15-3-5-16(6-4-15)20-11-12-21(26(32)25(20)31)17-7-9-18(10-8-17)28(36,37)38-19-13-22(29)24(23(30)14-19)27(33,34)35/h3,5,7-16H,2,4,6H2,1H3. The molecule has 0 fully saturated rings. The monoisotopic (exact) mass is 544 g/mol. The van der Waals surface area contributed by atoms with Crippen LogP contribution in [0.4, 0.5) is 39.5 Å². The van der Waals surface area contributed by atoms with Crippen LogP contribution in [0, 0.1) is 29.2 Å². The van der Waals surface area contributed by atoms with Gasteiger partial charge in [0, 0.05) is 23.6 Å². The van der Waals surface area contributed by atoms with Crippen LogP contribution in [0.5, 0.6) is 5.75 Å². The fraction of sp³-hybridized carbons (Fsp3) is 0.286. The first-order valence-electron chi connectivity index (χ1n) is 11.7. The minimum Gasteiger partial charge on any atom is -0.429 e. The van der Waals surface area contributed by atoms with Gasteiger partial charge in [0.05, 0.1) is 5.56 Å². The summed E-state index contributed by atoms with van der Waals surface area (Å²) >= 11 is 0. The quantitative estimate of drug-likeness (QED) is 0.222. The van der Waals surface area contributed by atoms with Crippen LogP contribution in [-0.4, -0.2) is 0 Å². The van der Waals surface area contributed by atoms with Gasteiger partial charge >= 0.3 is 12.3 Å². The Bertz CT molecular complexity index is 1320. The zero-order chi connectivity index (χ0) is 27.8. The Morgan fingerprint density at radius 2 is 1.42 bits per heavy atom. The van der Waals surface area contributed by atoms with E-state index in [1.165, 1.54) is 12.1 Å². The van der Waals surface area contributed by atoms with E-state index in [1.54, 1.807) is 0 Å². The Morgan fingerprint density at radius 3 is 1.95 bits per heavy atom. The predicted octanol–water partition coefficient (Wildman–Crippen LogP) is 9.52. The average Bonchev–Trinajstić information content (AvgIpc) is 2.84.